The number of thioether (sulfide) groups is 1. The second-order valence-electron chi connectivity index (χ2n) is 9.41. The van der Waals surface area contributed by atoms with Gasteiger partial charge in [0.2, 0.25) is 0 Å². The van der Waals surface area contributed by atoms with Crippen molar-refractivity contribution in [3.63, 3.8) is 0 Å². The molecule has 0 N–H and O–H groups in total. The van der Waals surface area contributed by atoms with Gasteiger partial charge in [0.15, 0.2) is 4.80 Å². The predicted octanol–water partition coefficient (Wildman–Crippen LogP) is 6.68. The number of halogens is 1. The van der Waals surface area contributed by atoms with Crippen molar-refractivity contribution in [3.8, 4) is 11.3 Å². The minimum absolute atomic E-state index is 0.201. The average Bonchev–Trinajstić information content (AvgIpc) is 3.61. The maximum Gasteiger partial charge on any atom is 0.338 e. The second-order valence-corrected chi connectivity index (χ2v) is 12.2. The molecule has 9 heteroatoms. The van der Waals surface area contributed by atoms with E-state index in [2.05, 4.69) is 15.9 Å². The van der Waals surface area contributed by atoms with E-state index in [4.69, 9.17) is 14.1 Å². The first-order valence-electron chi connectivity index (χ1n) is 13.2. The van der Waals surface area contributed by atoms with Gasteiger partial charge in [0.05, 0.1) is 28.5 Å². The number of hydrogen-bond acceptors (Lipinski definition) is 7. The molecule has 0 saturated heterocycles. The van der Waals surface area contributed by atoms with Gasteiger partial charge in [-0.05, 0) is 55.1 Å². The molecule has 6 rings (SSSR count). The highest BCUT2D eigenvalue weighted by molar-refractivity contribution is 9.10. The molecule has 0 aliphatic carbocycles. The molecule has 1 aliphatic heterocycles. The summed E-state index contributed by atoms with van der Waals surface area (Å²) in [6, 6.07) is 28.3. The molecule has 1 aliphatic rings. The Hall–Kier alpha value is -3.92. The van der Waals surface area contributed by atoms with Crippen LogP contribution >= 0.6 is 39.0 Å². The van der Waals surface area contributed by atoms with E-state index in [1.807, 2.05) is 97.3 Å². The van der Waals surface area contributed by atoms with Crippen LogP contribution in [-0.4, -0.2) is 23.4 Å². The van der Waals surface area contributed by atoms with Crippen molar-refractivity contribution in [3.05, 3.63) is 138 Å². The third-order valence-corrected chi connectivity index (χ3v) is 9.09. The Morgan fingerprint density at radius 3 is 2.45 bits per heavy atom. The van der Waals surface area contributed by atoms with Gasteiger partial charge in [-0.15, -0.1) is 11.8 Å². The number of rotatable bonds is 7. The molecule has 0 saturated carbocycles. The lowest BCUT2D eigenvalue weighted by Crippen LogP contribution is -2.40. The molecule has 0 radical (unpaired) electrons. The highest BCUT2D eigenvalue weighted by atomic mass is 79.9. The molecular weight excluding hydrogens is 632 g/mol. The molecule has 6 nitrogen and oxygen atoms in total. The van der Waals surface area contributed by atoms with Gasteiger partial charge in [-0.3, -0.25) is 9.36 Å². The van der Waals surface area contributed by atoms with Gasteiger partial charge in [-0.1, -0.05) is 81.9 Å². The minimum Gasteiger partial charge on any atom is -0.463 e. The third-order valence-electron chi connectivity index (χ3n) is 6.83. The van der Waals surface area contributed by atoms with Crippen LogP contribution in [0.1, 0.15) is 29.9 Å². The summed E-state index contributed by atoms with van der Waals surface area (Å²) in [5.41, 5.74) is 3.06. The first-order chi connectivity index (χ1) is 20.5. The maximum absolute atomic E-state index is 14.1. The fourth-order valence-electron chi connectivity index (χ4n) is 4.87. The number of thiazole rings is 1. The van der Waals surface area contributed by atoms with Crippen molar-refractivity contribution in [1.82, 2.24) is 4.57 Å². The molecule has 1 unspecified atom stereocenters. The van der Waals surface area contributed by atoms with Crippen LogP contribution in [0.4, 0.5) is 0 Å². The van der Waals surface area contributed by atoms with Gasteiger partial charge < -0.3 is 9.15 Å². The summed E-state index contributed by atoms with van der Waals surface area (Å²) >= 11 is 6.35. The smallest absolute Gasteiger partial charge is 0.338 e. The standard InChI is InChI=1S/C33H25BrN2O4S2/c1-3-39-32(38)28-29(21-7-5-4-6-8-21)35-33-36(30(28)22-11-16-25(41-2)17-12-22)31(37)27(42-33)19-24-15-18-26(40-24)20-9-13-23(34)14-10-20/h4-19,30H,3H2,1-2H3/b27-19-. The zero-order valence-corrected chi connectivity index (χ0v) is 26.0. The molecule has 42 heavy (non-hydrogen) atoms. The summed E-state index contributed by atoms with van der Waals surface area (Å²) in [5, 5.41) is 0. The first-order valence-corrected chi connectivity index (χ1v) is 16.1. The fourth-order valence-corrected chi connectivity index (χ4v) is 6.52. The van der Waals surface area contributed by atoms with Crippen LogP contribution in [-0.2, 0) is 9.53 Å². The summed E-state index contributed by atoms with van der Waals surface area (Å²) in [6.07, 6.45) is 3.74. The summed E-state index contributed by atoms with van der Waals surface area (Å²) < 4.78 is 14.7. The summed E-state index contributed by atoms with van der Waals surface area (Å²) in [5.74, 6) is 0.745. The van der Waals surface area contributed by atoms with E-state index in [1.165, 1.54) is 11.3 Å². The number of nitrogens with zero attached hydrogens (tertiary/aromatic N) is 2. The largest absolute Gasteiger partial charge is 0.463 e. The quantitative estimate of drug-likeness (QED) is 0.144. The van der Waals surface area contributed by atoms with E-state index in [-0.39, 0.29) is 12.2 Å². The van der Waals surface area contributed by atoms with Crippen LogP contribution in [0.25, 0.3) is 23.1 Å². The lowest BCUT2D eigenvalue weighted by molar-refractivity contribution is -0.138. The molecule has 0 fully saturated rings. The van der Waals surface area contributed by atoms with Crippen LogP contribution in [0, 0.1) is 0 Å². The lowest BCUT2D eigenvalue weighted by atomic mass is 9.93. The third kappa shape index (κ3) is 5.47. The summed E-state index contributed by atoms with van der Waals surface area (Å²) in [4.78, 5) is 34.1. The van der Waals surface area contributed by atoms with Crippen LogP contribution in [0.15, 0.2) is 120 Å². The molecular formula is C33H25BrN2O4S2. The number of carbonyl (C=O) groups is 1. The average molecular weight is 658 g/mol. The zero-order valence-electron chi connectivity index (χ0n) is 22.7. The van der Waals surface area contributed by atoms with Crippen molar-refractivity contribution in [2.45, 2.75) is 17.9 Å². The molecule has 0 bridgehead atoms. The normalized spacial score (nSPS) is 14.9. The Balaban J connectivity index is 1.55. The van der Waals surface area contributed by atoms with Crippen LogP contribution in [0.3, 0.4) is 0 Å². The van der Waals surface area contributed by atoms with Crippen molar-refractivity contribution in [2.75, 3.05) is 12.9 Å². The van der Waals surface area contributed by atoms with Gasteiger partial charge >= 0.3 is 5.97 Å². The number of furan rings is 1. The molecule has 1 atom stereocenters. The number of benzene rings is 3. The first kappa shape index (κ1) is 28.2. The Morgan fingerprint density at radius 2 is 1.76 bits per heavy atom. The number of hydrogen-bond donors (Lipinski definition) is 0. The van der Waals surface area contributed by atoms with E-state index in [9.17, 15) is 9.59 Å². The minimum atomic E-state index is -0.719. The zero-order chi connectivity index (χ0) is 29.2. The second kappa shape index (κ2) is 12.1. The fraction of sp³-hybridized carbons (Fsp3) is 0.121. The molecule has 0 spiro atoms. The molecule has 210 valence electrons. The van der Waals surface area contributed by atoms with Crippen molar-refractivity contribution in [2.24, 2.45) is 4.99 Å². The molecule has 3 heterocycles. The highest BCUT2D eigenvalue weighted by Gasteiger charge is 2.35. The van der Waals surface area contributed by atoms with Crippen LogP contribution in [0.2, 0.25) is 0 Å². The topological polar surface area (TPSA) is 73.8 Å². The van der Waals surface area contributed by atoms with E-state index < -0.39 is 12.0 Å². The highest BCUT2D eigenvalue weighted by Crippen LogP contribution is 2.35. The molecule has 3 aromatic carbocycles. The van der Waals surface area contributed by atoms with Gasteiger partial charge in [0.25, 0.3) is 5.56 Å². The number of esters is 1. The summed E-state index contributed by atoms with van der Waals surface area (Å²) in [6.45, 7) is 1.97. The molecule has 5 aromatic rings. The summed E-state index contributed by atoms with van der Waals surface area (Å²) in [7, 11) is 0. The van der Waals surface area contributed by atoms with Crippen LogP contribution < -0.4 is 14.9 Å². The van der Waals surface area contributed by atoms with Gasteiger partial charge in [-0.2, -0.15) is 0 Å². The van der Waals surface area contributed by atoms with Crippen molar-refractivity contribution < 1.29 is 13.9 Å². The van der Waals surface area contributed by atoms with Crippen LogP contribution in [0.5, 0.6) is 0 Å². The Morgan fingerprint density at radius 1 is 1.02 bits per heavy atom. The van der Waals surface area contributed by atoms with Crippen molar-refractivity contribution >= 4 is 56.8 Å². The van der Waals surface area contributed by atoms with E-state index in [0.29, 0.717) is 32.1 Å². The number of ether oxygens (including phenoxy) is 1. The maximum atomic E-state index is 14.1. The Bertz CT molecular complexity index is 1970. The lowest BCUT2D eigenvalue weighted by Gasteiger charge is -2.26. The monoisotopic (exact) mass is 656 g/mol. The molecule has 0 amide bonds. The Kier molecular flexibility index (Phi) is 8.15. The number of aromatic nitrogens is 1. The Labute approximate surface area is 258 Å². The molecule has 2 aromatic heterocycles. The number of fused-ring (bicyclic) bond motifs is 1. The van der Waals surface area contributed by atoms with Crippen molar-refractivity contribution in [1.29, 1.82) is 0 Å². The predicted molar refractivity (Wildman–Crippen MR) is 171 cm³/mol. The SMILES string of the molecule is CCOC(=O)C1=C(c2ccccc2)N=c2s/c(=C\c3ccc(-c4ccc(Br)cc4)o3)c(=O)n2C1c1ccc(SC)cc1. The van der Waals surface area contributed by atoms with Gasteiger partial charge in [-0.25, -0.2) is 9.79 Å². The van der Waals surface area contributed by atoms with E-state index in [0.717, 1.165) is 26.1 Å². The van der Waals surface area contributed by atoms with E-state index >= 15 is 0 Å². The van der Waals surface area contributed by atoms with Gasteiger partial charge in [0, 0.05) is 26.6 Å². The van der Waals surface area contributed by atoms with Gasteiger partial charge in [0.1, 0.15) is 11.5 Å². The number of carbonyl (C=O) groups excluding carboxylic acids is 1. The van der Waals surface area contributed by atoms with E-state index in [1.54, 1.807) is 29.3 Å².